The molecule has 1 radical (unpaired) electrons. The average molecular weight is 283 g/mol. The van der Waals surface area contributed by atoms with Crippen LogP contribution in [0, 0.1) is 0 Å². The molecule has 0 rings (SSSR count). The summed E-state index contributed by atoms with van der Waals surface area (Å²) in [4.78, 5) is 10.0. The number of hydrogen-bond donors (Lipinski definition) is 5. The van der Waals surface area contributed by atoms with Gasteiger partial charge in [-0.3, -0.25) is 4.55 Å². The smallest absolute Gasteiger partial charge is 0.388 e. The van der Waals surface area contributed by atoms with Crippen LogP contribution in [0.25, 0.3) is 0 Å². The molecule has 0 saturated heterocycles. The van der Waals surface area contributed by atoms with Crippen LogP contribution < -0.4 is 0 Å². The maximum absolute atomic E-state index is 10.1. The third-order valence-electron chi connectivity index (χ3n) is 1.62. The van der Waals surface area contributed by atoms with Gasteiger partial charge in [0.1, 0.15) is 24.4 Å². The van der Waals surface area contributed by atoms with Crippen LogP contribution in [0.3, 0.4) is 0 Å². The molecule has 0 aliphatic carbocycles. The van der Waals surface area contributed by atoms with E-state index in [4.69, 9.17) is 25.0 Å². The van der Waals surface area contributed by atoms with Gasteiger partial charge >= 0.3 is 10.4 Å². The minimum Gasteiger partial charge on any atom is -0.388 e. The second kappa shape index (κ2) is 8.48. The van der Waals surface area contributed by atoms with Crippen molar-refractivity contribution in [1.29, 1.82) is 0 Å². The molecule has 0 aliphatic heterocycles. The summed E-state index contributed by atoms with van der Waals surface area (Å²) in [5.41, 5.74) is 0. The van der Waals surface area contributed by atoms with Crippen LogP contribution in [0.4, 0.5) is 0 Å². The molecule has 0 heterocycles. The van der Waals surface area contributed by atoms with Crippen molar-refractivity contribution >= 4 is 46.2 Å². The molecule has 0 bridgehead atoms. The van der Waals surface area contributed by atoms with Crippen molar-refractivity contribution in [2.75, 3.05) is 6.61 Å². The van der Waals surface area contributed by atoms with Crippen molar-refractivity contribution < 1.29 is 42.4 Å². The van der Waals surface area contributed by atoms with E-state index >= 15 is 0 Å². The number of aldehydes is 1. The van der Waals surface area contributed by atoms with Crippen molar-refractivity contribution in [2.45, 2.75) is 24.4 Å². The molecule has 17 heavy (non-hydrogen) atoms. The van der Waals surface area contributed by atoms with Crippen LogP contribution in [0.15, 0.2) is 0 Å². The maximum atomic E-state index is 10.1. The Morgan fingerprint density at radius 1 is 1.12 bits per heavy atom. The third kappa shape index (κ3) is 8.15. The maximum Gasteiger partial charge on any atom is 0.397 e. The van der Waals surface area contributed by atoms with Gasteiger partial charge in [-0.1, -0.05) is 0 Å². The molecule has 0 aromatic heterocycles. The summed E-state index contributed by atoms with van der Waals surface area (Å²) in [6, 6.07) is 0. The summed E-state index contributed by atoms with van der Waals surface area (Å²) in [6.07, 6.45) is -7.94. The van der Waals surface area contributed by atoms with Crippen LogP contribution >= 0.6 is 0 Å². The van der Waals surface area contributed by atoms with E-state index < -0.39 is 41.4 Å². The first-order valence-electron chi connectivity index (χ1n) is 3.98. The summed E-state index contributed by atoms with van der Waals surface area (Å²) in [7, 11) is -4.79. The molecule has 5 N–H and O–H groups in total. The second-order valence-electron chi connectivity index (χ2n) is 2.89. The molecule has 0 aromatic rings. The quantitative estimate of drug-likeness (QED) is 0.178. The Morgan fingerprint density at radius 2 is 1.59 bits per heavy atom. The number of carbonyl (C=O) groups is 1. The van der Waals surface area contributed by atoms with Gasteiger partial charge in [0.05, 0.1) is 6.61 Å². The number of hydrogen-bond acceptors (Lipinski definition) is 8. The van der Waals surface area contributed by atoms with Crippen molar-refractivity contribution in [3.05, 3.63) is 0 Å². The van der Waals surface area contributed by atoms with E-state index in [-0.39, 0.29) is 35.8 Å². The van der Waals surface area contributed by atoms with E-state index in [2.05, 4.69) is 4.18 Å². The first kappa shape index (κ1) is 19.7. The van der Waals surface area contributed by atoms with Gasteiger partial charge in [-0.05, 0) is 0 Å². The van der Waals surface area contributed by atoms with E-state index in [9.17, 15) is 13.2 Å². The van der Waals surface area contributed by atoms with Crippen molar-refractivity contribution in [3.63, 3.8) is 0 Å². The predicted octanol–water partition coefficient (Wildman–Crippen LogP) is -3.93. The topological polar surface area (TPSA) is 162 Å². The van der Waals surface area contributed by atoms with Gasteiger partial charge in [0.2, 0.25) is 0 Å². The van der Waals surface area contributed by atoms with E-state index in [0.29, 0.717) is 0 Å². The molecule has 9 nitrogen and oxygen atoms in total. The fourth-order valence-corrected chi connectivity index (χ4v) is 1.08. The Kier molecular flexibility index (Phi) is 9.83. The van der Waals surface area contributed by atoms with E-state index in [1.165, 1.54) is 0 Å². The molecule has 0 fully saturated rings. The van der Waals surface area contributed by atoms with Crippen molar-refractivity contribution in [2.24, 2.45) is 0 Å². The monoisotopic (exact) mass is 283 g/mol. The number of rotatable bonds is 7. The van der Waals surface area contributed by atoms with Gasteiger partial charge in [0.25, 0.3) is 0 Å². The van der Waals surface area contributed by atoms with Crippen molar-refractivity contribution in [1.82, 2.24) is 0 Å². The van der Waals surface area contributed by atoms with Crippen LogP contribution in [0.2, 0.25) is 0 Å². The SMILES string of the molecule is O=C[C@H](O)[C@@H](O)[C@@H](O)[C@H](O)COS(=O)(=O)O.[Na]. The largest absolute Gasteiger partial charge is 0.397 e. The Balaban J connectivity index is 0. The standard InChI is InChI=1S/C6H12O9S.Na/c7-1-3(8)5(10)6(11)4(9)2-15-16(12,13)14;/h1,3-6,8-11H,2H2,(H,12,13,14);/t3-,4+,5+,6-;/m0./s1. The molecule has 0 saturated carbocycles. The summed E-state index contributed by atoms with van der Waals surface area (Å²) >= 11 is 0. The Morgan fingerprint density at radius 3 is 1.94 bits per heavy atom. The molecular formula is C6H12NaO9S. The molecular weight excluding hydrogens is 271 g/mol. The summed E-state index contributed by atoms with van der Waals surface area (Å²) in [6.45, 7) is -1.04. The normalized spacial score (nSPS) is 18.6. The summed E-state index contributed by atoms with van der Waals surface area (Å²) in [5, 5.41) is 36.0. The Labute approximate surface area is 119 Å². The molecule has 0 aromatic carbocycles. The zero-order chi connectivity index (χ0) is 12.9. The Bertz CT molecular complexity index is 317. The zero-order valence-corrected chi connectivity index (χ0v) is 11.7. The molecule has 0 spiro atoms. The zero-order valence-electron chi connectivity index (χ0n) is 8.87. The van der Waals surface area contributed by atoms with Gasteiger partial charge in [0, 0.05) is 29.6 Å². The first-order chi connectivity index (χ1) is 7.19. The van der Waals surface area contributed by atoms with Gasteiger partial charge in [-0.25, -0.2) is 4.18 Å². The minimum atomic E-state index is -4.79. The van der Waals surface area contributed by atoms with E-state index in [1.54, 1.807) is 0 Å². The van der Waals surface area contributed by atoms with Crippen LogP contribution in [-0.4, -0.2) is 100 Å². The van der Waals surface area contributed by atoms with Crippen LogP contribution in [0.1, 0.15) is 0 Å². The third-order valence-corrected chi connectivity index (χ3v) is 2.06. The molecule has 0 amide bonds. The second-order valence-corrected chi connectivity index (χ2v) is 3.98. The van der Waals surface area contributed by atoms with Crippen molar-refractivity contribution in [3.8, 4) is 0 Å². The fraction of sp³-hybridized carbons (Fsp3) is 0.833. The van der Waals surface area contributed by atoms with Gasteiger partial charge < -0.3 is 25.2 Å². The number of carbonyl (C=O) groups excluding carboxylic acids is 1. The number of aliphatic hydroxyl groups is 4. The first-order valence-corrected chi connectivity index (χ1v) is 5.35. The van der Waals surface area contributed by atoms with E-state index in [1.807, 2.05) is 0 Å². The van der Waals surface area contributed by atoms with Gasteiger partial charge in [-0.15, -0.1) is 0 Å². The van der Waals surface area contributed by atoms with Crippen LogP contribution in [-0.2, 0) is 19.4 Å². The fourth-order valence-electron chi connectivity index (χ4n) is 0.764. The molecule has 0 aliphatic rings. The molecule has 0 unspecified atom stereocenters. The Hall–Kier alpha value is 0.380. The van der Waals surface area contributed by atoms with Crippen LogP contribution in [0.5, 0.6) is 0 Å². The van der Waals surface area contributed by atoms with Gasteiger partial charge in [0.15, 0.2) is 6.29 Å². The van der Waals surface area contributed by atoms with E-state index in [0.717, 1.165) is 0 Å². The summed E-state index contributed by atoms with van der Waals surface area (Å²) in [5.74, 6) is 0. The molecule has 97 valence electrons. The predicted molar refractivity (Wildman–Crippen MR) is 53.3 cm³/mol. The summed E-state index contributed by atoms with van der Waals surface area (Å²) < 4.78 is 32.0. The molecule has 4 atom stereocenters. The minimum absolute atomic E-state index is 0. The number of aliphatic hydroxyl groups excluding tert-OH is 4. The van der Waals surface area contributed by atoms with Gasteiger partial charge in [-0.2, -0.15) is 8.42 Å². The molecule has 11 heteroatoms. The average Bonchev–Trinajstić information content (AvgIpc) is 2.21.